The Kier molecular flexibility index (Phi) is 4.48. The highest BCUT2D eigenvalue weighted by atomic mass is 32.2. The monoisotopic (exact) mass is 310 g/mol. The van der Waals surface area contributed by atoms with Crippen molar-refractivity contribution >= 4 is 23.1 Å². The topological polar surface area (TPSA) is 125 Å². The number of thioether (sulfide) groups is 1. The number of aromatic nitrogens is 2. The summed E-state index contributed by atoms with van der Waals surface area (Å²) in [6.45, 7) is 1.99. The van der Waals surface area contributed by atoms with Crippen LogP contribution in [0.5, 0.6) is 0 Å². The number of hydrogen-bond donors (Lipinski definition) is 0. The minimum Gasteiger partial charge on any atom is -0.411 e. The Morgan fingerprint density at radius 1 is 1.14 bits per heavy atom. The summed E-state index contributed by atoms with van der Waals surface area (Å²) < 4.78 is 5.34. The number of nitrogens with zero attached hydrogens (tertiary/aromatic N) is 4. The lowest BCUT2D eigenvalue weighted by Crippen LogP contribution is -1.94. The predicted octanol–water partition coefficient (Wildman–Crippen LogP) is 3.06. The van der Waals surface area contributed by atoms with Gasteiger partial charge in [0.25, 0.3) is 16.6 Å². The van der Waals surface area contributed by atoms with Gasteiger partial charge in [-0.25, -0.2) is 0 Å². The molecule has 0 aliphatic heterocycles. The Balaban J connectivity index is 2.40. The molecule has 2 rings (SSSR count). The summed E-state index contributed by atoms with van der Waals surface area (Å²) in [4.78, 5) is 20.2. The summed E-state index contributed by atoms with van der Waals surface area (Å²) in [5, 5.41) is 29.5. The fraction of sp³-hybridized carbons (Fsp3) is 0.273. The van der Waals surface area contributed by atoms with E-state index in [1.165, 1.54) is 11.8 Å². The second-order valence-electron chi connectivity index (χ2n) is 3.97. The molecule has 1 heterocycles. The smallest absolute Gasteiger partial charge is 0.277 e. The fourth-order valence-electron chi connectivity index (χ4n) is 1.50. The van der Waals surface area contributed by atoms with Gasteiger partial charge in [0, 0.05) is 17.9 Å². The van der Waals surface area contributed by atoms with Crippen molar-refractivity contribution in [2.45, 2.75) is 18.6 Å². The van der Waals surface area contributed by atoms with Gasteiger partial charge >= 0.3 is 0 Å². The molecule has 0 aliphatic carbocycles. The van der Waals surface area contributed by atoms with Gasteiger partial charge in [-0.3, -0.25) is 20.2 Å². The summed E-state index contributed by atoms with van der Waals surface area (Å²) >= 11 is 1.35. The van der Waals surface area contributed by atoms with Crippen molar-refractivity contribution in [1.29, 1.82) is 0 Å². The second-order valence-corrected chi connectivity index (χ2v) is 5.02. The summed E-state index contributed by atoms with van der Waals surface area (Å²) in [7, 11) is 0. The van der Waals surface area contributed by atoms with E-state index in [0.717, 1.165) is 30.4 Å². The molecule has 1 aromatic carbocycles. The van der Waals surface area contributed by atoms with Crippen LogP contribution in [0.15, 0.2) is 27.8 Å². The Morgan fingerprint density at radius 2 is 1.76 bits per heavy atom. The first-order valence-electron chi connectivity index (χ1n) is 5.91. The van der Waals surface area contributed by atoms with Crippen LogP contribution in [0.25, 0.3) is 11.5 Å². The molecule has 0 aliphatic rings. The van der Waals surface area contributed by atoms with E-state index >= 15 is 0 Å². The minimum atomic E-state index is -0.709. The third-order valence-corrected chi connectivity index (χ3v) is 3.43. The molecule has 0 bridgehead atoms. The van der Waals surface area contributed by atoms with Crippen LogP contribution in [-0.2, 0) is 0 Å². The number of benzene rings is 1. The molecular formula is C11H10N4O5S. The van der Waals surface area contributed by atoms with E-state index in [-0.39, 0.29) is 11.5 Å². The normalized spacial score (nSPS) is 10.5. The number of hydrogen-bond acceptors (Lipinski definition) is 8. The van der Waals surface area contributed by atoms with E-state index in [4.69, 9.17) is 4.42 Å². The zero-order valence-electron chi connectivity index (χ0n) is 10.9. The van der Waals surface area contributed by atoms with Gasteiger partial charge < -0.3 is 4.42 Å². The number of non-ortho nitro benzene ring substituents is 2. The second kappa shape index (κ2) is 6.31. The number of nitro groups is 2. The van der Waals surface area contributed by atoms with E-state index < -0.39 is 21.2 Å². The molecule has 0 N–H and O–H groups in total. The molecule has 1 aromatic heterocycles. The van der Waals surface area contributed by atoms with Gasteiger partial charge in [-0.05, 0) is 6.42 Å². The third kappa shape index (κ3) is 3.54. The van der Waals surface area contributed by atoms with Crippen LogP contribution in [0.4, 0.5) is 11.4 Å². The first-order valence-corrected chi connectivity index (χ1v) is 6.90. The Morgan fingerprint density at radius 3 is 2.29 bits per heavy atom. The summed E-state index contributed by atoms with van der Waals surface area (Å²) in [5.41, 5.74) is -0.660. The van der Waals surface area contributed by atoms with Crippen molar-refractivity contribution in [2.75, 3.05) is 5.75 Å². The first kappa shape index (κ1) is 14.9. The highest BCUT2D eigenvalue weighted by Crippen LogP contribution is 2.30. The molecule has 10 heteroatoms. The Bertz CT molecular complexity index is 655. The van der Waals surface area contributed by atoms with Crippen LogP contribution in [0.1, 0.15) is 13.3 Å². The first-order chi connectivity index (χ1) is 10.0. The van der Waals surface area contributed by atoms with Crippen LogP contribution in [-0.4, -0.2) is 25.8 Å². The molecule has 0 unspecified atom stereocenters. The third-order valence-electron chi connectivity index (χ3n) is 2.41. The summed E-state index contributed by atoms with van der Waals surface area (Å²) in [5.74, 6) is 0.803. The van der Waals surface area contributed by atoms with Crippen LogP contribution in [0.2, 0.25) is 0 Å². The number of nitro benzene ring substituents is 2. The van der Waals surface area contributed by atoms with Gasteiger partial charge in [-0.1, -0.05) is 18.7 Å². The predicted molar refractivity (Wildman–Crippen MR) is 74.1 cm³/mol. The van der Waals surface area contributed by atoms with Gasteiger partial charge in [0.15, 0.2) is 0 Å². The molecule has 0 radical (unpaired) electrons. The minimum absolute atomic E-state index is 0.0143. The molecular weight excluding hydrogens is 300 g/mol. The zero-order chi connectivity index (χ0) is 15.4. The van der Waals surface area contributed by atoms with E-state index in [2.05, 4.69) is 10.2 Å². The zero-order valence-corrected chi connectivity index (χ0v) is 11.7. The van der Waals surface area contributed by atoms with Crippen molar-refractivity contribution < 1.29 is 14.3 Å². The lowest BCUT2D eigenvalue weighted by molar-refractivity contribution is -0.394. The van der Waals surface area contributed by atoms with E-state index in [1.807, 2.05) is 6.92 Å². The molecule has 2 aromatic rings. The average Bonchev–Trinajstić information content (AvgIpc) is 2.93. The largest absolute Gasteiger partial charge is 0.411 e. The van der Waals surface area contributed by atoms with Crippen LogP contribution < -0.4 is 0 Å². The lowest BCUT2D eigenvalue weighted by Gasteiger charge is -1.97. The van der Waals surface area contributed by atoms with Crippen LogP contribution >= 0.6 is 11.8 Å². The summed E-state index contributed by atoms with van der Waals surface area (Å²) in [6, 6.07) is 3.20. The number of rotatable bonds is 6. The van der Waals surface area contributed by atoms with Crippen molar-refractivity contribution in [3.8, 4) is 11.5 Å². The fourth-order valence-corrected chi connectivity index (χ4v) is 2.12. The van der Waals surface area contributed by atoms with Crippen molar-refractivity contribution in [3.05, 3.63) is 38.4 Å². The summed E-state index contributed by atoms with van der Waals surface area (Å²) in [6.07, 6.45) is 0.921. The Labute approximate surface area is 122 Å². The highest BCUT2D eigenvalue weighted by Gasteiger charge is 2.20. The molecule has 21 heavy (non-hydrogen) atoms. The Hall–Kier alpha value is -2.49. The van der Waals surface area contributed by atoms with Crippen molar-refractivity contribution in [1.82, 2.24) is 10.2 Å². The molecule has 0 fully saturated rings. The molecule has 9 nitrogen and oxygen atoms in total. The quantitative estimate of drug-likeness (QED) is 0.452. The van der Waals surface area contributed by atoms with Gasteiger partial charge in [-0.15, -0.1) is 10.2 Å². The standard InChI is InChI=1S/C11H10N4O5S/c1-2-3-21-11-13-12-10(20-11)7-4-8(14(16)17)6-9(5-7)15(18)19/h4-6H,2-3H2,1H3. The maximum absolute atomic E-state index is 10.8. The highest BCUT2D eigenvalue weighted by molar-refractivity contribution is 7.99. The maximum atomic E-state index is 10.8. The van der Waals surface area contributed by atoms with E-state index in [9.17, 15) is 20.2 Å². The van der Waals surface area contributed by atoms with Gasteiger partial charge in [0.2, 0.25) is 5.89 Å². The van der Waals surface area contributed by atoms with E-state index in [0.29, 0.717) is 5.22 Å². The van der Waals surface area contributed by atoms with Gasteiger partial charge in [0.05, 0.1) is 21.5 Å². The van der Waals surface area contributed by atoms with Crippen molar-refractivity contribution in [3.63, 3.8) is 0 Å². The molecule has 0 atom stereocenters. The van der Waals surface area contributed by atoms with Gasteiger partial charge in [-0.2, -0.15) is 0 Å². The van der Waals surface area contributed by atoms with Crippen molar-refractivity contribution in [2.24, 2.45) is 0 Å². The average molecular weight is 310 g/mol. The molecule has 0 saturated heterocycles. The lowest BCUT2D eigenvalue weighted by atomic mass is 10.2. The SMILES string of the molecule is CCCSc1nnc(-c2cc([N+](=O)[O-])cc([N+](=O)[O-])c2)o1. The molecule has 110 valence electrons. The van der Waals surface area contributed by atoms with Crippen LogP contribution in [0.3, 0.4) is 0 Å². The van der Waals surface area contributed by atoms with Gasteiger partial charge in [0.1, 0.15) is 0 Å². The van der Waals surface area contributed by atoms with Crippen LogP contribution in [0, 0.1) is 20.2 Å². The maximum Gasteiger partial charge on any atom is 0.277 e. The molecule has 0 amide bonds. The van der Waals surface area contributed by atoms with E-state index in [1.54, 1.807) is 0 Å². The molecule has 0 saturated carbocycles. The molecule has 0 spiro atoms.